The fourth-order valence-corrected chi connectivity index (χ4v) is 1.49. The van der Waals surface area contributed by atoms with E-state index < -0.39 is 0 Å². The topological polar surface area (TPSA) is 85.8 Å². The van der Waals surface area contributed by atoms with Gasteiger partial charge in [-0.15, -0.1) is 0 Å². The number of nitrogen functional groups attached to an aromatic ring is 1. The van der Waals surface area contributed by atoms with Gasteiger partial charge in [0.25, 0.3) is 5.91 Å². The van der Waals surface area contributed by atoms with Crippen LogP contribution in [0.25, 0.3) is 0 Å². The molecule has 2 aromatic rings. The van der Waals surface area contributed by atoms with Gasteiger partial charge in [0, 0.05) is 18.9 Å². The number of nitrogens with two attached hydrogens (primary N) is 1. The highest BCUT2D eigenvalue weighted by Gasteiger charge is 2.14. The van der Waals surface area contributed by atoms with Crippen LogP contribution in [0, 0.1) is 6.92 Å². The van der Waals surface area contributed by atoms with E-state index >= 15 is 0 Å². The Bertz CT molecular complexity index is 558. The zero-order valence-electron chi connectivity index (χ0n) is 10.3. The van der Waals surface area contributed by atoms with Gasteiger partial charge in [-0.05, 0) is 25.5 Å². The fraction of sp³-hybridized carbons (Fsp3) is 0.250. The quantitative estimate of drug-likeness (QED) is 0.856. The molecule has 0 aliphatic heterocycles. The number of rotatable bonds is 3. The molecule has 18 heavy (non-hydrogen) atoms. The molecule has 2 aromatic heterocycles. The number of nitrogens with zero attached hydrogens (tertiary/aromatic N) is 3. The maximum absolute atomic E-state index is 11.9. The highest BCUT2D eigenvalue weighted by molar-refractivity contribution is 6.05. The van der Waals surface area contributed by atoms with Crippen LogP contribution < -0.4 is 11.1 Å². The largest absolute Gasteiger partial charge is 0.396 e. The van der Waals surface area contributed by atoms with Crippen molar-refractivity contribution in [3.8, 4) is 0 Å². The Morgan fingerprint density at radius 3 is 2.83 bits per heavy atom. The molecule has 0 bridgehead atoms. The maximum Gasteiger partial charge on any atom is 0.279 e. The van der Waals surface area contributed by atoms with Gasteiger partial charge in [-0.25, -0.2) is 4.98 Å². The minimum absolute atomic E-state index is 0.222. The second kappa shape index (κ2) is 4.87. The summed E-state index contributed by atoms with van der Waals surface area (Å²) in [5, 5.41) is 6.75. The first-order chi connectivity index (χ1) is 8.60. The fourth-order valence-electron chi connectivity index (χ4n) is 1.49. The number of hydrogen-bond acceptors (Lipinski definition) is 4. The van der Waals surface area contributed by atoms with E-state index in [9.17, 15) is 4.79 Å². The Hall–Kier alpha value is -2.37. The summed E-state index contributed by atoms with van der Waals surface area (Å²) in [6, 6.07) is 3.61. The van der Waals surface area contributed by atoms with Crippen LogP contribution in [0.3, 0.4) is 0 Å². The van der Waals surface area contributed by atoms with Crippen molar-refractivity contribution in [2.24, 2.45) is 0 Å². The Balaban J connectivity index is 2.16. The summed E-state index contributed by atoms with van der Waals surface area (Å²) in [6.45, 7) is 4.52. The molecule has 0 unspecified atom stereocenters. The van der Waals surface area contributed by atoms with Crippen molar-refractivity contribution in [3.63, 3.8) is 0 Å². The first kappa shape index (κ1) is 12.1. The van der Waals surface area contributed by atoms with Crippen molar-refractivity contribution in [1.82, 2.24) is 14.8 Å². The van der Waals surface area contributed by atoms with Crippen molar-refractivity contribution in [2.75, 3.05) is 11.1 Å². The second-order valence-corrected chi connectivity index (χ2v) is 3.96. The first-order valence-electron chi connectivity index (χ1n) is 5.67. The highest BCUT2D eigenvalue weighted by atomic mass is 16.2. The number of aromatic nitrogens is 3. The summed E-state index contributed by atoms with van der Waals surface area (Å²) in [5.41, 5.74) is 7.35. The molecule has 0 atom stereocenters. The molecule has 0 spiro atoms. The molecule has 0 aliphatic carbocycles. The van der Waals surface area contributed by atoms with Crippen molar-refractivity contribution in [2.45, 2.75) is 20.4 Å². The minimum atomic E-state index is -0.351. The van der Waals surface area contributed by atoms with E-state index in [-0.39, 0.29) is 11.6 Å². The molecule has 2 rings (SSSR count). The summed E-state index contributed by atoms with van der Waals surface area (Å²) in [6.07, 6.45) is 3.32. The average Bonchev–Trinajstić information content (AvgIpc) is 2.73. The van der Waals surface area contributed by atoms with Gasteiger partial charge < -0.3 is 11.1 Å². The standard InChI is InChI=1S/C12H15N5O/c1-3-17-7-9(13)11(16-17)12(18)15-10-5-4-8(2)6-14-10/h4-7H,3,13H2,1-2H3,(H,14,15,18). The predicted octanol–water partition coefficient (Wildman–Crippen LogP) is 1.44. The molecule has 6 heteroatoms. The molecular formula is C12H15N5O. The number of carbonyl (C=O) groups is 1. The smallest absolute Gasteiger partial charge is 0.279 e. The van der Waals surface area contributed by atoms with Crippen LogP contribution in [0.15, 0.2) is 24.5 Å². The van der Waals surface area contributed by atoms with Crippen LogP contribution >= 0.6 is 0 Å². The predicted molar refractivity (Wildman–Crippen MR) is 69.2 cm³/mol. The molecular weight excluding hydrogens is 230 g/mol. The minimum Gasteiger partial charge on any atom is -0.396 e. The van der Waals surface area contributed by atoms with Gasteiger partial charge in [0.2, 0.25) is 0 Å². The van der Waals surface area contributed by atoms with E-state index in [0.717, 1.165) is 5.56 Å². The van der Waals surface area contributed by atoms with Crippen molar-refractivity contribution in [3.05, 3.63) is 35.8 Å². The number of amides is 1. The highest BCUT2D eigenvalue weighted by Crippen LogP contribution is 2.12. The van der Waals surface area contributed by atoms with E-state index in [0.29, 0.717) is 18.1 Å². The lowest BCUT2D eigenvalue weighted by molar-refractivity contribution is 0.102. The average molecular weight is 245 g/mol. The van der Waals surface area contributed by atoms with Gasteiger partial charge in [-0.1, -0.05) is 6.07 Å². The third-order valence-electron chi connectivity index (χ3n) is 2.48. The Morgan fingerprint density at radius 2 is 2.28 bits per heavy atom. The molecule has 0 aromatic carbocycles. The normalized spacial score (nSPS) is 10.3. The number of nitrogens with one attached hydrogen (secondary N) is 1. The van der Waals surface area contributed by atoms with Crippen LogP contribution in [0.1, 0.15) is 23.0 Å². The summed E-state index contributed by atoms with van der Waals surface area (Å²) < 4.78 is 1.62. The van der Waals surface area contributed by atoms with Gasteiger partial charge in [0.05, 0.1) is 5.69 Å². The third-order valence-corrected chi connectivity index (χ3v) is 2.48. The summed E-state index contributed by atoms with van der Waals surface area (Å²) >= 11 is 0. The van der Waals surface area contributed by atoms with Crippen molar-refractivity contribution >= 4 is 17.4 Å². The lowest BCUT2D eigenvalue weighted by atomic mass is 10.3. The van der Waals surface area contributed by atoms with E-state index in [1.54, 1.807) is 23.1 Å². The monoisotopic (exact) mass is 245 g/mol. The molecule has 0 aliphatic rings. The van der Waals surface area contributed by atoms with Crippen LogP contribution in [0.4, 0.5) is 11.5 Å². The molecule has 1 amide bonds. The Labute approximate surface area is 105 Å². The molecule has 0 fully saturated rings. The van der Waals surface area contributed by atoms with Crippen LogP contribution in [0.5, 0.6) is 0 Å². The van der Waals surface area contributed by atoms with Crippen LogP contribution in [-0.4, -0.2) is 20.7 Å². The van der Waals surface area contributed by atoms with E-state index in [4.69, 9.17) is 5.73 Å². The van der Waals surface area contributed by atoms with Crippen molar-refractivity contribution < 1.29 is 4.79 Å². The van der Waals surface area contributed by atoms with Crippen LogP contribution in [0.2, 0.25) is 0 Å². The summed E-state index contributed by atoms with van der Waals surface area (Å²) in [5.74, 6) is 0.132. The molecule has 6 nitrogen and oxygen atoms in total. The van der Waals surface area contributed by atoms with Crippen LogP contribution in [-0.2, 0) is 6.54 Å². The van der Waals surface area contributed by atoms with E-state index in [1.165, 1.54) is 0 Å². The van der Waals surface area contributed by atoms with Gasteiger partial charge in [0.1, 0.15) is 5.82 Å². The number of carbonyl (C=O) groups excluding carboxylic acids is 1. The maximum atomic E-state index is 11.9. The van der Waals surface area contributed by atoms with Gasteiger partial charge in [-0.2, -0.15) is 5.10 Å². The molecule has 0 radical (unpaired) electrons. The molecule has 0 saturated carbocycles. The lowest BCUT2D eigenvalue weighted by Gasteiger charge is -2.02. The Kier molecular flexibility index (Phi) is 3.27. The SMILES string of the molecule is CCn1cc(N)c(C(=O)Nc2ccc(C)cn2)n1. The van der Waals surface area contributed by atoms with Gasteiger partial charge in [-0.3, -0.25) is 9.48 Å². The third kappa shape index (κ3) is 2.48. The van der Waals surface area contributed by atoms with E-state index in [2.05, 4.69) is 15.4 Å². The number of anilines is 2. The summed E-state index contributed by atoms with van der Waals surface area (Å²) in [7, 11) is 0. The molecule has 94 valence electrons. The van der Waals surface area contributed by atoms with Gasteiger partial charge in [0.15, 0.2) is 5.69 Å². The Morgan fingerprint density at radius 1 is 1.50 bits per heavy atom. The number of pyridine rings is 1. The lowest BCUT2D eigenvalue weighted by Crippen LogP contribution is -2.15. The van der Waals surface area contributed by atoms with Gasteiger partial charge >= 0.3 is 0 Å². The number of hydrogen-bond donors (Lipinski definition) is 2. The zero-order chi connectivity index (χ0) is 13.1. The first-order valence-corrected chi connectivity index (χ1v) is 5.67. The van der Waals surface area contributed by atoms with E-state index in [1.807, 2.05) is 19.9 Å². The molecule has 3 N–H and O–H groups in total. The number of aryl methyl sites for hydroxylation is 2. The molecule has 0 saturated heterocycles. The second-order valence-electron chi connectivity index (χ2n) is 3.96. The molecule has 2 heterocycles. The zero-order valence-corrected chi connectivity index (χ0v) is 10.3. The van der Waals surface area contributed by atoms with Crippen molar-refractivity contribution in [1.29, 1.82) is 0 Å². The summed E-state index contributed by atoms with van der Waals surface area (Å²) in [4.78, 5) is 16.0.